The van der Waals surface area contributed by atoms with Crippen molar-refractivity contribution in [3.8, 4) is 0 Å². The number of carbonyl (C=O) groups excluding carboxylic acids is 1. The van der Waals surface area contributed by atoms with E-state index in [0.717, 1.165) is 49.4 Å². The molecule has 1 aliphatic heterocycles. The molecule has 2 bridgehead atoms. The lowest BCUT2D eigenvalue weighted by Crippen LogP contribution is -2.64. The highest BCUT2D eigenvalue weighted by Crippen LogP contribution is 2.56. The van der Waals surface area contributed by atoms with Gasteiger partial charge in [-0.1, -0.05) is 25.3 Å². The number of carbonyl (C=O) groups is 2. The number of aromatic carboxylic acids is 1. The van der Waals surface area contributed by atoms with E-state index in [1.54, 1.807) is 12.1 Å². The summed E-state index contributed by atoms with van der Waals surface area (Å²) in [5.41, 5.74) is 2.20. The van der Waals surface area contributed by atoms with E-state index in [-0.39, 0.29) is 17.2 Å². The minimum atomic E-state index is -0.895. The van der Waals surface area contributed by atoms with Gasteiger partial charge in [0, 0.05) is 17.5 Å². The highest BCUT2D eigenvalue weighted by molar-refractivity contribution is 6.04. The molecule has 0 aromatic heterocycles. The average Bonchev–Trinajstić information content (AvgIpc) is 2.62. The van der Waals surface area contributed by atoms with Crippen LogP contribution >= 0.6 is 0 Å². The molecule has 3 aliphatic carbocycles. The number of hydrogen-bond acceptors (Lipinski definition) is 3. The number of Topliss-reactive ketones (excluding diaryl/α,β-unsaturated/α-hetero) is 1. The third kappa shape index (κ3) is 2.24. The number of hydrogen-bond donors (Lipinski definition) is 1. The Balaban J connectivity index is 1.60. The van der Waals surface area contributed by atoms with Crippen molar-refractivity contribution in [2.24, 2.45) is 11.8 Å². The van der Waals surface area contributed by atoms with Gasteiger partial charge in [0.2, 0.25) is 0 Å². The van der Waals surface area contributed by atoms with E-state index in [1.165, 1.54) is 32.1 Å². The zero-order chi connectivity index (χ0) is 17.9. The van der Waals surface area contributed by atoms with Crippen molar-refractivity contribution in [2.45, 2.75) is 62.8 Å². The van der Waals surface area contributed by atoms with Gasteiger partial charge in [0.1, 0.15) is 0 Å². The van der Waals surface area contributed by atoms with E-state index in [1.807, 2.05) is 6.07 Å². The summed E-state index contributed by atoms with van der Waals surface area (Å²) in [7, 11) is 0. The van der Waals surface area contributed by atoms with Crippen LogP contribution in [0.25, 0.3) is 0 Å². The highest BCUT2D eigenvalue weighted by atomic mass is 16.4. The molecule has 26 heavy (non-hydrogen) atoms. The quantitative estimate of drug-likeness (QED) is 0.896. The third-order valence-electron chi connectivity index (χ3n) is 7.77. The van der Waals surface area contributed by atoms with E-state index in [9.17, 15) is 14.7 Å². The SMILES string of the molecule is O=C(O)c1ccc2c(c1)[C@@]13CCCC[C@H]1[C@@H](C2=O)N(CC1CCC1)CC3. The number of piperidine rings is 1. The van der Waals surface area contributed by atoms with Gasteiger partial charge >= 0.3 is 5.97 Å². The van der Waals surface area contributed by atoms with Crippen LogP contribution in [-0.2, 0) is 5.41 Å². The zero-order valence-electron chi connectivity index (χ0n) is 15.2. The molecular formula is C22H27NO3. The van der Waals surface area contributed by atoms with E-state index >= 15 is 0 Å². The van der Waals surface area contributed by atoms with Crippen molar-refractivity contribution in [3.63, 3.8) is 0 Å². The Hall–Kier alpha value is -1.68. The van der Waals surface area contributed by atoms with Crippen molar-refractivity contribution in [1.29, 1.82) is 0 Å². The standard InChI is InChI=1S/C22H27NO3/c24-20-16-8-7-15(21(25)26)12-18(16)22-9-2-1-6-17(22)19(20)23(11-10-22)13-14-4-3-5-14/h7-8,12,14,17,19H,1-6,9-11,13H2,(H,25,26)/t17-,19-,22+/m0/s1. The van der Waals surface area contributed by atoms with Crippen molar-refractivity contribution < 1.29 is 14.7 Å². The Morgan fingerprint density at radius 3 is 2.73 bits per heavy atom. The maximum atomic E-state index is 13.5. The average molecular weight is 353 g/mol. The second-order valence-electron chi connectivity index (χ2n) is 8.92. The molecule has 0 spiro atoms. The highest BCUT2D eigenvalue weighted by Gasteiger charge is 2.57. The molecule has 5 rings (SSSR count). The zero-order valence-corrected chi connectivity index (χ0v) is 15.2. The lowest BCUT2D eigenvalue weighted by molar-refractivity contribution is -0.0135. The number of rotatable bonds is 3. The van der Waals surface area contributed by atoms with Gasteiger partial charge < -0.3 is 5.11 Å². The Bertz CT molecular complexity index is 769. The molecule has 4 nitrogen and oxygen atoms in total. The summed E-state index contributed by atoms with van der Waals surface area (Å²) >= 11 is 0. The third-order valence-corrected chi connectivity index (χ3v) is 7.77. The number of ketones is 1. The fraction of sp³-hybridized carbons (Fsp3) is 0.636. The Kier molecular flexibility index (Phi) is 3.75. The summed E-state index contributed by atoms with van der Waals surface area (Å²) in [5, 5.41) is 9.45. The minimum absolute atomic E-state index is 0.0211. The van der Waals surface area contributed by atoms with Crippen LogP contribution in [0.5, 0.6) is 0 Å². The molecule has 4 heteroatoms. The van der Waals surface area contributed by atoms with Crippen LogP contribution < -0.4 is 0 Å². The van der Waals surface area contributed by atoms with Gasteiger partial charge in [-0.25, -0.2) is 4.79 Å². The predicted octanol–water partition coefficient (Wildman–Crippen LogP) is 3.88. The number of fused-ring (bicyclic) bond motifs is 1. The summed E-state index contributed by atoms with van der Waals surface area (Å²) in [4.78, 5) is 27.5. The van der Waals surface area contributed by atoms with Crippen LogP contribution in [0.15, 0.2) is 18.2 Å². The first-order chi connectivity index (χ1) is 12.6. The molecule has 2 saturated carbocycles. The van der Waals surface area contributed by atoms with Crippen LogP contribution in [0.2, 0.25) is 0 Å². The molecule has 1 N–H and O–H groups in total. The fourth-order valence-corrected chi connectivity index (χ4v) is 6.27. The molecule has 0 radical (unpaired) electrons. The summed E-state index contributed by atoms with van der Waals surface area (Å²) in [6.45, 7) is 2.06. The first kappa shape index (κ1) is 16.5. The van der Waals surface area contributed by atoms with Gasteiger partial charge in [-0.2, -0.15) is 0 Å². The molecule has 0 amide bonds. The molecule has 1 aromatic rings. The number of likely N-dealkylation sites (tertiary alicyclic amines) is 1. The van der Waals surface area contributed by atoms with Gasteiger partial charge in [0.05, 0.1) is 11.6 Å². The maximum Gasteiger partial charge on any atom is 0.335 e. The lowest BCUT2D eigenvalue weighted by atomic mass is 9.52. The maximum absolute atomic E-state index is 13.5. The van der Waals surface area contributed by atoms with E-state index in [2.05, 4.69) is 4.90 Å². The number of benzene rings is 1. The fourth-order valence-electron chi connectivity index (χ4n) is 6.27. The van der Waals surface area contributed by atoms with E-state index < -0.39 is 5.97 Å². The van der Waals surface area contributed by atoms with Gasteiger partial charge in [0.15, 0.2) is 5.78 Å². The van der Waals surface area contributed by atoms with Crippen LogP contribution in [0, 0.1) is 11.8 Å². The van der Waals surface area contributed by atoms with Crippen molar-refractivity contribution in [3.05, 3.63) is 34.9 Å². The molecule has 0 unspecified atom stereocenters. The van der Waals surface area contributed by atoms with Gasteiger partial charge in [-0.3, -0.25) is 9.69 Å². The Morgan fingerprint density at radius 1 is 1.15 bits per heavy atom. The Labute approximate surface area is 154 Å². The number of carboxylic acids is 1. The summed E-state index contributed by atoms with van der Waals surface area (Å²) in [5.74, 6) is 0.496. The van der Waals surface area contributed by atoms with E-state index in [4.69, 9.17) is 0 Å². The minimum Gasteiger partial charge on any atom is -0.478 e. The first-order valence-corrected chi connectivity index (χ1v) is 10.3. The normalized spacial score (nSPS) is 33.9. The topological polar surface area (TPSA) is 57.6 Å². The van der Waals surface area contributed by atoms with Crippen LogP contribution in [0.1, 0.15) is 77.6 Å². The van der Waals surface area contributed by atoms with Crippen LogP contribution in [0.3, 0.4) is 0 Å². The van der Waals surface area contributed by atoms with Crippen molar-refractivity contribution >= 4 is 11.8 Å². The van der Waals surface area contributed by atoms with Gasteiger partial charge in [-0.05, 0) is 68.2 Å². The van der Waals surface area contributed by atoms with Gasteiger partial charge in [-0.15, -0.1) is 0 Å². The molecule has 138 valence electrons. The largest absolute Gasteiger partial charge is 0.478 e. The lowest BCUT2D eigenvalue weighted by Gasteiger charge is -2.58. The number of nitrogens with zero attached hydrogens (tertiary/aromatic N) is 1. The molecule has 4 aliphatic rings. The molecule has 1 heterocycles. The molecule has 3 atom stereocenters. The van der Waals surface area contributed by atoms with Crippen LogP contribution in [-0.4, -0.2) is 40.9 Å². The van der Waals surface area contributed by atoms with Crippen molar-refractivity contribution in [2.75, 3.05) is 13.1 Å². The summed E-state index contributed by atoms with van der Waals surface area (Å²) in [6, 6.07) is 5.26. The predicted molar refractivity (Wildman–Crippen MR) is 98.7 cm³/mol. The molecular weight excluding hydrogens is 326 g/mol. The monoisotopic (exact) mass is 353 g/mol. The first-order valence-electron chi connectivity index (χ1n) is 10.3. The van der Waals surface area contributed by atoms with Gasteiger partial charge in [0.25, 0.3) is 0 Å². The summed E-state index contributed by atoms with van der Waals surface area (Å²) < 4.78 is 0. The Morgan fingerprint density at radius 2 is 2.00 bits per heavy atom. The smallest absolute Gasteiger partial charge is 0.335 e. The molecule has 1 aromatic carbocycles. The van der Waals surface area contributed by atoms with E-state index in [0.29, 0.717) is 11.5 Å². The van der Waals surface area contributed by atoms with Crippen LogP contribution in [0.4, 0.5) is 0 Å². The second kappa shape index (κ2) is 5.91. The number of carboxylic acid groups (broad SMARTS) is 1. The van der Waals surface area contributed by atoms with Crippen molar-refractivity contribution in [1.82, 2.24) is 4.90 Å². The second-order valence-corrected chi connectivity index (χ2v) is 8.92. The summed E-state index contributed by atoms with van der Waals surface area (Å²) in [6.07, 6.45) is 9.63. The molecule has 3 fully saturated rings. The molecule has 1 saturated heterocycles.